The van der Waals surface area contributed by atoms with Crippen molar-refractivity contribution in [3.63, 3.8) is 0 Å². The maximum Gasteiger partial charge on any atom is 0.263 e. The summed E-state index contributed by atoms with van der Waals surface area (Å²) in [7, 11) is 0. The van der Waals surface area contributed by atoms with E-state index < -0.39 is 11.9 Å². The minimum atomic E-state index is -0.752. The summed E-state index contributed by atoms with van der Waals surface area (Å²) in [6.07, 6.45) is 4.66. The van der Waals surface area contributed by atoms with Gasteiger partial charge in [0.2, 0.25) is 0 Å². The van der Waals surface area contributed by atoms with E-state index in [0.717, 1.165) is 11.6 Å². The fourth-order valence-electron chi connectivity index (χ4n) is 3.33. The quantitative estimate of drug-likeness (QED) is 0.664. The smallest absolute Gasteiger partial charge is 0.263 e. The number of carbonyl (C=O) groups is 1. The Morgan fingerprint density at radius 1 is 1.03 bits per heavy atom. The molecule has 1 aromatic carbocycles. The van der Waals surface area contributed by atoms with E-state index in [1.807, 2.05) is 35.2 Å². The van der Waals surface area contributed by atoms with E-state index in [4.69, 9.17) is 4.74 Å². The Morgan fingerprint density at radius 2 is 1.72 bits per heavy atom. The lowest BCUT2D eigenvalue weighted by Crippen LogP contribution is -2.52. The molecule has 1 amide bonds. The van der Waals surface area contributed by atoms with Crippen LogP contribution in [0.15, 0.2) is 61.2 Å². The molecular weight excluding hydrogens is 373 g/mol. The number of nitrogens with zero attached hydrogens (tertiary/aromatic N) is 5. The van der Waals surface area contributed by atoms with Crippen LogP contribution in [0.5, 0.6) is 5.75 Å². The number of hydrogen-bond donors (Lipinski definition) is 0. The van der Waals surface area contributed by atoms with Crippen molar-refractivity contribution in [1.82, 2.24) is 19.4 Å². The van der Waals surface area contributed by atoms with Crippen LogP contribution in [-0.2, 0) is 4.79 Å². The highest BCUT2D eigenvalue weighted by Crippen LogP contribution is 2.19. The number of halogens is 1. The molecule has 3 heterocycles. The Bertz CT molecular complexity index is 971. The van der Waals surface area contributed by atoms with Crippen molar-refractivity contribution < 1.29 is 13.9 Å². The number of para-hydroxylation sites is 1. The van der Waals surface area contributed by atoms with Gasteiger partial charge in [0.05, 0.1) is 0 Å². The van der Waals surface area contributed by atoms with E-state index in [0.29, 0.717) is 26.2 Å². The predicted octanol–water partition coefficient (Wildman–Crippen LogP) is 2.52. The minimum Gasteiger partial charge on any atom is -0.478 e. The van der Waals surface area contributed by atoms with Gasteiger partial charge in [0, 0.05) is 44.6 Å². The first-order chi connectivity index (χ1) is 14.1. The maximum atomic E-state index is 13.8. The first-order valence-corrected chi connectivity index (χ1v) is 9.52. The first-order valence-electron chi connectivity index (χ1n) is 9.52. The minimum absolute atomic E-state index is 0.0884. The van der Waals surface area contributed by atoms with Crippen LogP contribution in [0.1, 0.15) is 6.92 Å². The number of aromatic nitrogens is 3. The van der Waals surface area contributed by atoms with Crippen molar-refractivity contribution in [2.45, 2.75) is 13.0 Å². The topological polar surface area (TPSA) is 63.5 Å². The molecule has 4 rings (SSSR count). The van der Waals surface area contributed by atoms with Crippen molar-refractivity contribution >= 4 is 11.7 Å². The Kier molecular flexibility index (Phi) is 5.41. The van der Waals surface area contributed by atoms with Crippen molar-refractivity contribution in [1.29, 1.82) is 0 Å². The van der Waals surface area contributed by atoms with Crippen LogP contribution in [0.4, 0.5) is 10.2 Å². The highest BCUT2D eigenvalue weighted by atomic mass is 19.1. The molecule has 1 aliphatic rings. The van der Waals surface area contributed by atoms with Gasteiger partial charge in [-0.25, -0.2) is 14.4 Å². The lowest BCUT2D eigenvalue weighted by atomic mass is 10.2. The molecule has 150 valence electrons. The number of rotatable bonds is 5. The summed E-state index contributed by atoms with van der Waals surface area (Å²) < 4.78 is 21.2. The summed E-state index contributed by atoms with van der Waals surface area (Å²) in [6, 6.07) is 11.9. The average Bonchev–Trinajstić information content (AvgIpc) is 3.30. The highest BCUT2D eigenvalue weighted by molar-refractivity contribution is 5.81. The van der Waals surface area contributed by atoms with Gasteiger partial charge in [0.1, 0.15) is 18.0 Å². The van der Waals surface area contributed by atoms with Crippen molar-refractivity contribution in [2.75, 3.05) is 31.1 Å². The number of anilines is 1. The Labute approximate surface area is 168 Å². The molecule has 0 aliphatic carbocycles. The largest absolute Gasteiger partial charge is 0.478 e. The lowest BCUT2D eigenvalue weighted by molar-refractivity contribution is -0.138. The monoisotopic (exact) mass is 395 g/mol. The Morgan fingerprint density at radius 3 is 2.45 bits per heavy atom. The second kappa shape index (κ2) is 8.30. The maximum absolute atomic E-state index is 13.8. The van der Waals surface area contributed by atoms with Crippen molar-refractivity contribution in [3.8, 4) is 11.6 Å². The van der Waals surface area contributed by atoms with Crippen LogP contribution in [-0.4, -0.2) is 57.6 Å². The number of ether oxygens (including phenoxy) is 1. The van der Waals surface area contributed by atoms with E-state index in [-0.39, 0.29) is 11.7 Å². The fourth-order valence-corrected chi connectivity index (χ4v) is 3.33. The molecule has 1 fully saturated rings. The molecule has 7 nitrogen and oxygen atoms in total. The van der Waals surface area contributed by atoms with Gasteiger partial charge in [0.25, 0.3) is 5.91 Å². The summed E-state index contributed by atoms with van der Waals surface area (Å²) >= 11 is 0. The van der Waals surface area contributed by atoms with E-state index in [9.17, 15) is 9.18 Å². The molecule has 0 N–H and O–H groups in total. The zero-order valence-electron chi connectivity index (χ0n) is 16.1. The number of piperazine rings is 1. The number of hydrogen-bond acceptors (Lipinski definition) is 5. The summed E-state index contributed by atoms with van der Waals surface area (Å²) in [5.41, 5.74) is 0. The second-order valence-electron chi connectivity index (χ2n) is 6.83. The zero-order valence-corrected chi connectivity index (χ0v) is 16.1. The molecule has 0 bridgehead atoms. The molecule has 1 aliphatic heterocycles. The van der Waals surface area contributed by atoms with Crippen LogP contribution in [0.2, 0.25) is 0 Å². The average molecular weight is 395 g/mol. The van der Waals surface area contributed by atoms with Crippen LogP contribution < -0.4 is 9.64 Å². The molecule has 1 atom stereocenters. The van der Waals surface area contributed by atoms with Gasteiger partial charge >= 0.3 is 0 Å². The standard InChI is InChI=1S/C21H22FN5O2/c1-16(29-18-7-3-2-6-17(18)22)21(28)27-12-10-26(11-13-27)20-14-19(23-15-24-20)25-8-4-5-9-25/h2-9,14-16H,10-13H2,1H3. The summed E-state index contributed by atoms with van der Waals surface area (Å²) in [5, 5.41) is 0. The van der Waals surface area contributed by atoms with E-state index in [2.05, 4.69) is 14.9 Å². The van der Waals surface area contributed by atoms with Gasteiger partial charge in [-0.15, -0.1) is 0 Å². The third kappa shape index (κ3) is 4.21. The fraction of sp³-hybridized carbons (Fsp3) is 0.286. The molecule has 1 saturated heterocycles. The third-order valence-corrected chi connectivity index (χ3v) is 4.91. The highest BCUT2D eigenvalue weighted by Gasteiger charge is 2.27. The van der Waals surface area contributed by atoms with Crippen LogP contribution in [0.3, 0.4) is 0 Å². The molecule has 0 radical (unpaired) electrons. The zero-order chi connectivity index (χ0) is 20.2. The Balaban J connectivity index is 1.36. The molecule has 0 saturated carbocycles. The predicted molar refractivity (Wildman–Crippen MR) is 107 cm³/mol. The van der Waals surface area contributed by atoms with Crippen molar-refractivity contribution in [2.24, 2.45) is 0 Å². The third-order valence-electron chi connectivity index (χ3n) is 4.91. The number of carbonyl (C=O) groups excluding carboxylic acids is 1. The van der Waals surface area contributed by atoms with Gasteiger partial charge in [-0.3, -0.25) is 4.79 Å². The summed E-state index contributed by atoms with van der Waals surface area (Å²) in [4.78, 5) is 25.2. The summed E-state index contributed by atoms with van der Waals surface area (Å²) in [6.45, 7) is 4.05. The van der Waals surface area contributed by atoms with E-state index in [1.165, 1.54) is 12.1 Å². The lowest BCUT2D eigenvalue weighted by Gasteiger charge is -2.36. The molecule has 2 aromatic heterocycles. The number of benzene rings is 1. The summed E-state index contributed by atoms with van der Waals surface area (Å²) in [5.74, 6) is 1.09. The van der Waals surface area contributed by atoms with Crippen LogP contribution >= 0.6 is 0 Å². The molecule has 3 aromatic rings. The van der Waals surface area contributed by atoms with Crippen LogP contribution in [0.25, 0.3) is 5.82 Å². The molecule has 1 unspecified atom stereocenters. The van der Waals surface area contributed by atoms with Crippen molar-refractivity contribution in [3.05, 3.63) is 67.0 Å². The first kappa shape index (κ1) is 18.9. The second-order valence-corrected chi connectivity index (χ2v) is 6.83. The van der Waals surface area contributed by atoms with E-state index in [1.54, 1.807) is 30.3 Å². The van der Waals surface area contributed by atoms with E-state index >= 15 is 0 Å². The van der Waals surface area contributed by atoms with Gasteiger partial charge in [-0.05, 0) is 31.2 Å². The molecule has 29 heavy (non-hydrogen) atoms. The van der Waals surface area contributed by atoms with Gasteiger partial charge in [-0.2, -0.15) is 0 Å². The van der Waals surface area contributed by atoms with Crippen LogP contribution in [0, 0.1) is 5.82 Å². The molecule has 0 spiro atoms. The van der Waals surface area contributed by atoms with Gasteiger partial charge in [-0.1, -0.05) is 12.1 Å². The van der Waals surface area contributed by atoms with Gasteiger partial charge in [0.15, 0.2) is 17.7 Å². The number of amides is 1. The SMILES string of the molecule is CC(Oc1ccccc1F)C(=O)N1CCN(c2cc(-n3cccc3)ncn2)CC1. The molecular formula is C21H22FN5O2. The Hall–Kier alpha value is -3.42. The normalized spacial score (nSPS) is 15.2. The molecule has 8 heteroatoms. The van der Waals surface area contributed by atoms with Gasteiger partial charge < -0.3 is 19.1 Å².